The fraction of sp³-hybridized carbons (Fsp3) is 0.333. The number of benzene rings is 1. The molecule has 0 fully saturated rings. The molecular formula is C15H18N4O4. The predicted molar refractivity (Wildman–Crippen MR) is 83.5 cm³/mol. The van der Waals surface area contributed by atoms with E-state index in [9.17, 15) is 4.79 Å². The molecule has 8 nitrogen and oxygen atoms in total. The maximum atomic E-state index is 11.5. The van der Waals surface area contributed by atoms with E-state index in [-0.39, 0.29) is 5.95 Å². The molecule has 0 aliphatic carbocycles. The summed E-state index contributed by atoms with van der Waals surface area (Å²) in [6, 6.07) is 4.80. The van der Waals surface area contributed by atoms with Crippen LogP contribution in [0.2, 0.25) is 0 Å². The summed E-state index contributed by atoms with van der Waals surface area (Å²) in [7, 11) is 4.44. The van der Waals surface area contributed by atoms with E-state index in [1.54, 1.807) is 33.3 Å². The second-order valence-corrected chi connectivity index (χ2v) is 4.59. The van der Waals surface area contributed by atoms with Gasteiger partial charge in [-0.3, -0.25) is 0 Å². The monoisotopic (exact) mass is 318 g/mol. The molecule has 2 aromatic rings. The van der Waals surface area contributed by atoms with Crippen molar-refractivity contribution in [3.8, 4) is 22.8 Å². The number of carbonyl (C=O) groups is 1. The molecule has 1 aromatic heterocycles. The molecule has 23 heavy (non-hydrogen) atoms. The number of rotatable bonds is 6. The van der Waals surface area contributed by atoms with Crippen molar-refractivity contribution in [3.63, 3.8) is 0 Å². The zero-order valence-corrected chi connectivity index (χ0v) is 13.4. The average Bonchev–Trinajstić information content (AvgIpc) is 2.60. The van der Waals surface area contributed by atoms with Crippen molar-refractivity contribution in [2.75, 3.05) is 26.6 Å². The van der Waals surface area contributed by atoms with E-state index < -0.39 is 12.0 Å². The molecule has 0 saturated carbocycles. The van der Waals surface area contributed by atoms with Crippen molar-refractivity contribution in [1.29, 1.82) is 0 Å². The number of carbonyl (C=O) groups excluding carboxylic acids is 1. The van der Waals surface area contributed by atoms with Crippen LogP contribution in [0.4, 0.5) is 5.95 Å². The van der Waals surface area contributed by atoms with Gasteiger partial charge in [0, 0.05) is 0 Å². The van der Waals surface area contributed by atoms with Crippen LogP contribution in [0.25, 0.3) is 11.3 Å². The molecule has 1 atom stereocenters. The Labute approximate surface area is 133 Å². The minimum atomic E-state index is -0.600. The molecule has 0 bridgehead atoms. The number of aromatic nitrogens is 3. The van der Waals surface area contributed by atoms with Crippen LogP contribution in [0.3, 0.4) is 0 Å². The van der Waals surface area contributed by atoms with Crippen molar-refractivity contribution in [3.05, 3.63) is 24.4 Å². The highest BCUT2D eigenvalue weighted by Crippen LogP contribution is 2.36. The van der Waals surface area contributed by atoms with Gasteiger partial charge >= 0.3 is 5.97 Å². The van der Waals surface area contributed by atoms with E-state index in [4.69, 9.17) is 9.47 Å². The summed E-state index contributed by atoms with van der Waals surface area (Å²) in [4.78, 5) is 15.8. The van der Waals surface area contributed by atoms with Crippen LogP contribution in [0.5, 0.6) is 11.5 Å². The lowest BCUT2D eigenvalue weighted by atomic mass is 10.1. The summed E-state index contributed by atoms with van der Waals surface area (Å²) < 4.78 is 15.4. The maximum Gasteiger partial charge on any atom is 0.328 e. The zero-order chi connectivity index (χ0) is 16.8. The molecule has 8 heteroatoms. The minimum absolute atomic E-state index is 0.202. The minimum Gasteiger partial charge on any atom is -0.496 e. The molecule has 0 aliphatic rings. The molecule has 0 aliphatic heterocycles. The first kappa shape index (κ1) is 16.5. The normalized spacial score (nSPS) is 11.5. The lowest BCUT2D eigenvalue weighted by Gasteiger charge is -2.14. The molecular weight excluding hydrogens is 300 g/mol. The summed E-state index contributed by atoms with van der Waals surface area (Å²) in [5, 5.41) is 10.6. The smallest absolute Gasteiger partial charge is 0.328 e. The summed E-state index contributed by atoms with van der Waals surface area (Å²) in [5.74, 6) is 0.968. The number of nitrogens with zero attached hydrogens (tertiary/aromatic N) is 3. The fourth-order valence-corrected chi connectivity index (χ4v) is 2.02. The summed E-state index contributed by atoms with van der Waals surface area (Å²) in [6.45, 7) is 1.64. The van der Waals surface area contributed by atoms with E-state index in [1.807, 2.05) is 6.07 Å². The Bertz CT molecular complexity index is 671. The number of ether oxygens (including phenoxy) is 3. The van der Waals surface area contributed by atoms with Crippen LogP contribution in [0, 0.1) is 0 Å². The van der Waals surface area contributed by atoms with Crippen molar-refractivity contribution in [2.45, 2.75) is 13.0 Å². The lowest BCUT2D eigenvalue weighted by molar-refractivity contribution is -0.141. The van der Waals surface area contributed by atoms with E-state index >= 15 is 0 Å². The largest absolute Gasteiger partial charge is 0.496 e. The number of esters is 1. The molecule has 0 radical (unpaired) electrons. The third-order valence-corrected chi connectivity index (χ3v) is 3.14. The Hall–Kier alpha value is -2.90. The molecule has 1 heterocycles. The molecule has 2 rings (SSSR count). The van der Waals surface area contributed by atoms with Crippen LogP contribution < -0.4 is 14.8 Å². The maximum absolute atomic E-state index is 11.5. The number of methoxy groups -OCH3 is 3. The van der Waals surface area contributed by atoms with Crippen LogP contribution in [0.15, 0.2) is 24.4 Å². The number of hydrogen-bond acceptors (Lipinski definition) is 8. The summed E-state index contributed by atoms with van der Waals surface area (Å²) >= 11 is 0. The van der Waals surface area contributed by atoms with Crippen LogP contribution >= 0.6 is 0 Å². The standard InChI is InChI=1S/C15H18N4O4/c1-9(14(20)23-4)17-15-18-10(8-16-19-15)13-11(21-2)6-5-7-12(13)22-3/h5-9H,1-4H3,(H,17,18,19)/t9-/m1/s1. The quantitative estimate of drug-likeness (QED) is 0.801. The molecule has 1 aromatic carbocycles. The highest BCUT2D eigenvalue weighted by molar-refractivity contribution is 5.78. The predicted octanol–water partition coefficient (Wildman–Crippen LogP) is 1.53. The van der Waals surface area contributed by atoms with E-state index in [2.05, 4.69) is 25.2 Å². The second kappa shape index (κ2) is 7.39. The first-order valence-corrected chi connectivity index (χ1v) is 6.86. The number of anilines is 1. The van der Waals surface area contributed by atoms with Gasteiger partial charge in [0.25, 0.3) is 0 Å². The number of hydrogen-bond donors (Lipinski definition) is 1. The zero-order valence-electron chi connectivity index (χ0n) is 13.4. The molecule has 0 spiro atoms. The van der Waals surface area contributed by atoms with E-state index in [0.29, 0.717) is 22.8 Å². The Kier molecular flexibility index (Phi) is 5.29. The van der Waals surface area contributed by atoms with Gasteiger partial charge in [-0.15, -0.1) is 5.10 Å². The fourth-order valence-electron chi connectivity index (χ4n) is 2.02. The molecule has 122 valence electrons. The van der Waals surface area contributed by atoms with Gasteiger partial charge in [0.15, 0.2) is 0 Å². The van der Waals surface area contributed by atoms with Crippen molar-refractivity contribution >= 4 is 11.9 Å². The van der Waals surface area contributed by atoms with Crippen molar-refractivity contribution in [1.82, 2.24) is 15.2 Å². The van der Waals surface area contributed by atoms with Gasteiger partial charge in [0.05, 0.1) is 33.1 Å². The van der Waals surface area contributed by atoms with Crippen molar-refractivity contribution in [2.24, 2.45) is 0 Å². The third-order valence-electron chi connectivity index (χ3n) is 3.14. The summed E-state index contributed by atoms with van der Waals surface area (Å²) in [5.41, 5.74) is 1.16. The Morgan fingerprint density at radius 2 is 1.83 bits per heavy atom. The highest BCUT2D eigenvalue weighted by atomic mass is 16.5. The first-order chi connectivity index (χ1) is 11.1. The SMILES string of the molecule is COC(=O)[C@@H](C)Nc1nncc(-c2c(OC)cccc2OC)n1. The van der Waals surface area contributed by atoms with Crippen LogP contribution in [-0.2, 0) is 9.53 Å². The van der Waals surface area contributed by atoms with Gasteiger partial charge in [-0.1, -0.05) is 6.07 Å². The van der Waals surface area contributed by atoms with Crippen molar-refractivity contribution < 1.29 is 19.0 Å². The molecule has 0 saturated heterocycles. The molecule has 0 unspecified atom stereocenters. The molecule has 1 N–H and O–H groups in total. The number of nitrogens with one attached hydrogen (secondary N) is 1. The first-order valence-electron chi connectivity index (χ1n) is 6.86. The summed E-state index contributed by atoms with van der Waals surface area (Å²) in [6.07, 6.45) is 1.49. The Morgan fingerprint density at radius 1 is 1.17 bits per heavy atom. The van der Waals surface area contributed by atoms with E-state index in [1.165, 1.54) is 13.3 Å². The van der Waals surface area contributed by atoms with Gasteiger partial charge < -0.3 is 19.5 Å². The lowest BCUT2D eigenvalue weighted by Crippen LogP contribution is -2.28. The third kappa shape index (κ3) is 3.65. The van der Waals surface area contributed by atoms with Crippen LogP contribution in [0.1, 0.15) is 6.92 Å². The van der Waals surface area contributed by atoms with Gasteiger partial charge in [0.1, 0.15) is 23.2 Å². The van der Waals surface area contributed by atoms with Gasteiger partial charge in [-0.2, -0.15) is 5.10 Å². The Balaban J connectivity index is 2.39. The van der Waals surface area contributed by atoms with E-state index in [0.717, 1.165) is 0 Å². The average molecular weight is 318 g/mol. The van der Waals surface area contributed by atoms with Gasteiger partial charge in [-0.25, -0.2) is 9.78 Å². The highest BCUT2D eigenvalue weighted by Gasteiger charge is 2.17. The topological polar surface area (TPSA) is 95.5 Å². The molecule has 0 amide bonds. The Morgan fingerprint density at radius 3 is 2.39 bits per heavy atom. The van der Waals surface area contributed by atoms with Gasteiger partial charge in [0.2, 0.25) is 5.95 Å². The second-order valence-electron chi connectivity index (χ2n) is 4.59. The van der Waals surface area contributed by atoms with Crippen LogP contribution in [-0.4, -0.2) is 48.5 Å². The van der Waals surface area contributed by atoms with Gasteiger partial charge in [-0.05, 0) is 19.1 Å².